The third-order valence-electron chi connectivity index (χ3n) is 6.29. The van der Waals surface area contributed by atoms with Gasteiger partial charge in [-0.15, -0.1) is 5.10 Å². The van der Waals surface area contributed by atoms with Crippen LogP contribution >= 0.6 is 11.3 Å². The van der Waals surface area contributed by atoms with Gasteiger partial charge in [0.05, 0.1) is 23.4 Å². The van der Waals surface area contributed by atoms with Crippen LogP contribution in [0.25, 0.3) is 40.1 Å². The van der Waals surface area contributed by atoms with Crippen molar-refractivity contribution in [1.82, 2.24) is 24.4 Å². The Balaban J connectivity index is 1.36. The Hall–Kier alpha value is -5.02. The Morgan fingerprint density at radius 1 is 0.878 bits per heavy atom. The van der Waals surface area contributed by atoms with Gasteiger partial charge < -0.3 is 9.47 Å². The van der Waals surface area contributed by atoms with E-state index in [1.54, 1.807) is 13.2 Å². The summed E-state index contributed by atoms with van der Waals surface area (Å²) in [4.78, 5) is 18.4. The van der Waals surface area contributed by atoms with Crippen LogP contribution in [0.5, 0.6) is 11.5 Å². The molecule has 3 aromatic heterocycles. The van der Waals surface area contributed by atoms with Crippen molar-refractivity contribution < 1.29 is 9.47 Å². The highest BCUT2D eigenvalue weighted by molar-refractivity contribution is 7.15. The number of para-hydroxylation sites is 1. The fraction of sp³-hybridized carbons (Fsp3) is 0.125. The minimum atomic E-state index is -0.222. The zero-order valence-corrected chi connectivity index (χ0v) is 23.6. The van der Waals surface area contributed by atoms with Crippen molar-refractivity contribution in [2.45, 2.75) is 20.0 Å². The lowest BCUT2D eigenvalue weighted by Crippen LogP contribution is -2.23. The molecule has 6 aromatic rings. The molecule has 204 valence electrons. The number of hydrogen-bond acceptors (Lipinski definition) is 7. The molecule has 0 saturated heterocycles. The third-order valence-corrected chi connectivity index (χ3v) is 7.25. The number of thiazole rings is 1. The van der Waals surface area contributed by atoms with Crippen LogP contribution in [0.3, 0.4) is 0 Å². The zero-order chi connectivity index (χ0) is 28.3. The van der Waals surface area contributed by atoms with E-state index < -0.39 is 0 Å². The van der Waals surface area contributed by atoms with Gasteiger partial charge in [-0.05, 0) is 80.1 Å². The molecule has 8 nitrogen and oxygen atoms in total. The molecule has 3 aromatic carbocycles. The molecule has 6 rings (SSSR count). The smallest absolute Gasteiger partial charge is 0.291 e. The summed E-state index contributed by atoms with van der Waals surface area (Å²) in [7, 11) is 1.63. The van der Waals surface area contributed by atoms with Crippen LogP contribution in [0.15, 0.2) is 89.9 Å². The fourth-order valence-electron chi connectivity index (χ4n) is 4.34. The molecule has 0 bridgehead atoms. The number of benzene rings is 3. The highest BCUT2D eigenvalue weighted by Gasteiger charge is 2.14. The van der Waals surface area contributed by atoms with Gasteiger partial charge in [0.1, 0.15) is 17.2 Å². The van der Waals surface area contributed by atoms with Gasteiger partial charge in [0.15, 0.2) is 5.82 Å². The van der Waals surface area contributed by atoms with Crippen molar-refractivity contribution in [2.75, 3.05) is 7.11 Å². The van der Waals surface area contributed by atoms with Gasteiger partial charge >= 0.3 is 0 Å². The Kier molecular flexibility index (Phi) is 7.18. The summed E-state index contributed by atoms with van der Waals surface area (Å²) < 4.78 is 14.7. The standard InChI is InChI=1S/C32H27N5O3S/c1-21(2)40-27-16-12-23(13-17-27)30-24(20-36(35-30)25-7-5-4-6-8-25)19-28-31(38)37-32(41-28)33-29(34-37)18-11-22-9-14-26(39-3)15-10-22/h4-21H,1-3H3/b18-11+,28-19-. The first-order chi connectivity index (χ1) is 20.0. The normalized spacial score (nSPS) is 12.1. The molecule has 3 heterocycles. The number of aromatic nitrogens is 5. The van der Waals surface area contributed by atoms with Crippen LogP contribution in [0, 0.1) is 0 Å². The average molecular weight is 562 g/mol. The maximum atomic E-state index is 13.3. The van der Waals surface area contributed by atoms with Gasteiger partial charge in [-0.1, -0.05) is 47.7 Å². The van der Waals surface area contributed by atoms with Crippen LogP contribution in [-0.2, 0) is 0 Å². The summed E-state index contributed by atoms with van der Waals surface area (Å²) in [6.07, 6.45) is 7.57. The van der Waals surface area contributed by atoms with Crippen LogP contribution in [0.2, 0.25) is 0 Å². The van der Waals surface area contributed by atoms with Gasteiger partial charge in [-0.3, -0.25) is 4.79 Å². The summed E-state index contributed by atoms with van der Waals surface area (Å²) in [5.41, 5.74) is 4.16. The SMILES string of the molecule is COc1ccc(/C=C/c2nc3s/c(=C\c4cn(-c5ccccc5)nc4-c4ccc(OC(C)C)cc4)c(=O)n3n2)cc1. The summed E-state index contributed by atoms with van der Waals surface area (Å²) in [5.74, 6) is 2.05. The largest absolute Gasteiger partial charge is 0.497 e. The molecule has 0 radical (unpaired) electrons. The summed E-state index contributed by atoms with van der Waals surface area (Å²) in [6.45, 7) is 3.99. The Morgan fingerprint density at radius 2 is 1.61 bits per heavy atom. The summed E-state index contributed by atoms with van der Waals surface area (Å²) in [6, 6.07) is 25.4. The monoisotopic (exact) mass is 561 g/mol. The number of methoxy groups -OCH3 is 1. The summed E-state index contributed by atoms with van der Waals surface area (Å²) in [5, 5.41) is 9.31. The second kappa shape index (κ2) is 11.2. The lowest BCUT2D eigenvalue weighted by molar-refractivity contribution is 0.242. The van der Waals surface area contributed by atoms with Crippen molar-refractivity contribution in [3.05, 3.63) is 117 Å². The second-order valence-corrected chi connectivity index (χ2v) is 10.6. The van der Waals surface area contributed by atoms with Crippen LogP contribution in [-0.4, -0.2) is 37.6 Å². The highest BCUT2D eigenvalue weighted by atomic mass is 32.1. The van der Waals surface area contributed by atoms with Crippen molar-refractivity contribution >= 4 is 34.5 Å². The predicted octanol–water partition coefficient (Wildman–Crippen LogP) is 5.52. The maximum Gasteiger partial charge on any atom is 0.291 e. The van der Waals surface area contributed by atoms with E-state index in [0.717, 1.165) is 39.6 Å². The Bertz CT molecular complexity index is 1940. The Labute approximate surface area is 240 Å². The van der Waals surface area contributed by atoms with E-state index in [9.17, 15) is 4.79 Å². The first-order valence-electron chi connectivity index (χ1n) is 13.1. The molecule has 0 N–H and O–H groups in total. The number of hydrogen-bond donors (Lipinski definition) is 0. The molecule has 0 fully saturated rings. The lowest BCUT2D eigenvalue weighted by Gasteiger charge is -2.09. The Morgan fingerprint density at radius 3 is 2.29 bits per heavy atom. The van der Waals surface area contributed by atoms with E-state index in [1.165, 1.54) is 15.9 Å². The van der Waals surface area contributed by atoms with Gasteiger partial charge in [-0.2, -0.15) is 14.6 Å². The van der Waals surface area contributed by atoms with E-state index in [4.69, 9.17) is 14.6 Å². The number of fused-ring (bicyclic) bond motifs is 1. The minimum Gasteiger partial charge on any atom is -0.497 e. The molecule has 0 spiro atoms. The molecule has 0 amide bonds. The molecule has 9 heteroatoms. The van der Waals surface area contributed by atoms with E-state index in [1.807, 2.05) is 116 Å². The van der Waals surface area contributed by atoms with Crippen molar-refractivity contribution in [1.29, 1.82) is 0 Å². The highest BCUT2D eigenvalue weighted by Crippen LogP contribution is 2.27. The molecular weight excluding hydrogens is 534 g/mol. The fourth-order valence-corrected chi connectivity index (χ4v) is 5.25. The molecule has 41 heavy (non-hydrogen) atoms. The number of rotatable bonds is 8. The van der Waals surface area contributed by atoms with Crippen molar-refractivity contribution in [3.8, 4) is 28.4 Å². The first-order valence-corrected chi connectivity index (χ1v) is 13.9. The molecule has 0 aliphatic carbocycles. The van der Waals surface area contributed by atoms with Crippen LogP contribution in [0.4, 0.5) is 0 Å². The lowest BCUT2D eigenvalue weighted by atomic mass is 10.1. The van der Waals surface area contributed by atoms with E-state index in [0.29, 0.717) is 15.3 Å². The average Bonchev–Trinajstić information content (AvgIpc) is 3.67. The molecule has 0 aliphatic rings. The topological polar surface area (TPSA) is 83.5 Å². The van der Waals surface area contributed by atoms with Crippen molar-refractivity contribution in [2.24, 2.45) is 0 Å². The van der Waals surface area contributed by atoms with Gasteiger partial charge in [0, 0.05) is 17.3 Å². The predicted molar refractivity (Wildman–Crippen MR) is 163 cm³/mol. The first kappa shape index (κ1) is 26.2. The molecule has 0 unspecified atom stereocenters. The van der Waals surface area contributed by atoms with Crippen LogP contribution in [0.1, 0.15) is 30.8 Å². The number of ether oxygens (including phenoxy) is 2. The minimum absolute atomic E-state index is 0.0855. The van der Waals surface area contributed by atoms with Gasteiger partial charge in [-0.25, -0.2) is 4.68 Å². The van der Waals surface area contributed by atoms with Crippen molar-refractivity contribution in [3.63, 3.8) is 0 Å². The third kappa shape index (κ3) is 5.66. The van der Waals surface area contributed by atoms with E-state index in [2.05, 4.69) is 10.1 Å². The van der Waals surface area contributed by atoms with Gasteiger partial charge in [0.2, 0.25) is 4.96 Å². The van der Waals surface area contributed by atoms with Gasteiger partial charge in [0.25, 0.3) is 5.56 Å². The van der Waals surface area contributed by atoms with E-state index >= 15 is 0 Å². The quantitative estimate of drug-likeness (QED) is 0.243. The number of nitrogens with zero attached hydrogens (tertiary/aromatic N) is 5. The van der Waals surface area contributed by atoms with E-state index in [-0.39, 0.29) is 11.7 Å². The van der Waals surface area contributed by atoms with Crippen LogP contribution < -0.4 is 19.6 Å². The maximum absolute atomic E-state index is 13.3. The molecule has 0 saturated carbocycles. The molecule has 0 aliphatic heterocycles. The zero-order valence-electron chi connectivity index (χ0n) is 22.8. The molecular formula is C32H27N5O3S. The summed E-state index contributed by atoms with van der Waals surface area (Å²) >= 11 is 1.30. The second-order valence-electron chi connectivity index (χ2n) is 9.59. The molecule has 0 atom stereocenters.